The number of thioether (sulfide) groups is 1. The Morgan fingerprint density at radius 2 is 2.00 bits per heavy atom. The predicted octanol–water partition coefficient (Wildman–Crippen LogP) is 3.22. The molecule has 0 atom stereocenters. The van der Waals surface area contributed by atoms with E-state index in [1.165, 1.54) is 5.56 Å². The molecule has 0 saturated carbocycles. The van der Waals surface area contributed by atoms with Crippen molar-refractivity contribution in [1.82, 2.24) is 4.90 Å². The molecular formula is C15H21NOS. The molecule has 1 rings (SSSR count). The van der Waals surface area contributed by atoms with Gasteiger partial charge in [0.15, 0.2) is 0 Å². The molecule has 0 spiro atoms. The first-order chi connectivity index (χ1) is 8.67. The highest BCUT2D eigenvalue weighted by molar-refractivity contribution is 7.98. The third kappa shape index (κ3) is 4.96. The van der Waals surface area contributed by atoms with Crippen LogP contribution in [0.1, 0.15) is 18.1 Å². The van der Waals surface area contributed by atoms with Gasteiger partial charge in [0.2, 0.25) is 5.91 Å². The van der Waals surface area contributed by atoms with Crippen LogP contribution in [-0.2, 0) is 4.79 Å². The summed E-state index contributed by atoms with van der Waals surface area (Å²) >= 11 is 1.76. The Morgan fingerprint density at radius 1 is 1.33 bits per heavy atom. The lowest BCUT2D eigenvalue weighted by Gasteiger charge is -2.18. The smallest absolute Gasteiger partial charge is 0.246 e. The van der Waals surface area contributed by atoms with Crippen LogP contribution in [0.4, 0.5) is 0 Å². The Hall–Kier alpha value is -1.22. The van der Waals surface area contributed by atoms with Crippen molar-refractivity contribution in [3.8, 4) is 0 Å². The molecule has 98 valence electrons. The monoisotopic (exact) mass is 263 g/mol. The van der Waals surface area contributed by atoms with Crippen LogP contribution >= 0.6 is 11.8 Å². The van der Waals surface area contributed by atoms with Gasteiger partial charge in [-0.3, -0.25) is 4.79 Å². The van der Waals surface area contributed by atoms with Crippen molar-refractivity contribution in [2.24, 2.45) is 0 Å². The van der Waals surface area contributed by atoms with Crippen LogP contribution in [-0.4, -0.2) is 35.9 Å². The van der Waals surface area contributed by atoms with Crippen LogP contribution < -0.4 is 0 Å². The number of hydrogen-bond acceptors (Lipinski definition) is 2. The Labute approximate surface area is 114 Å². The lowest BCUT2D eigenvalue weighted by Crippen LogP contribution is -2.31. The number of likely N-dealkylation sites (N-methyl/N-ethyl adjacent to an activating group) is 1. The Kier molecular flexibility index (Phi) is 6.58. The molecule has 0 aliphatic heterocycles. The van der Waals surface area contributed by atoms with E-state index < -0.39 is 0 Å². The molecule has 0 aliphatic carbocycles. The zero-order valence-corrected chi connectivity index (χ0v) is 12.2. The Balaban J connectivity index is 2.59. The fourth-order valence-electron chi connectivity index (χ4n) is 1.58. The van der Waals surface area contributed by atoms with Crippen molar-refractivity contribution >= 4 is 23.7 Å². The summed E-state index contributed by atoms with van der Waals surface area (Å²) in [5.41, 5.74) is 2.29. The van der Waals surface area contributed by atoms with Crippen molar-refractivity contribution < 1.29 is 4.79 Å². The first-order valence-corrected chi connectivity index (χ1v) is 7.59. The van der Waals surface area contributed by atoms with Gasteiger partial charge in [-0.05, 0) is 31.7 Å². The number of carbonyl (C=O) groups is 1. The minimum atomic E-state index is 0.0899. The maximum atomic E-state index is 12.0. The number of aryl methyl sites for hydroxylation is 1. The molecule has 0 radical (unpaired) electrons. The summed E-state index contributed by atoms with van der Waals surface area (Å²) in [6, 6.07) is 8.15. The third-order valence-corrected chi connectivity index (χ3v) is 3.35. The Morgan fingerprint density at radius 3 is 2.56 bits per heavy atom. The van der Waals surface area contributed by atoms with Crippen LogP contribution in [0.5, 0.6) is 0 Å². The number of hydrogen-bond donors (Lipinski definition) is 0. The molecule has 0 N–H and O–H groups in total. The summed E-state index contributed by atoms with van der Waals surface area (Å²) in [7, 11) is 0. The second-order valence-corrected chi connectivity index (χ2v) is 5.14. The minimum absolute atomic E-state index is 0.0899. The van der Waals surface area contributed by atoms with Crippen LogP contribution in [0.3, 0.4) is 0 Å². The van der Waals surface area contributed by atoms with Gasteiger partial charge in [-0.1, -0.05) is 29.8 Å². The molecule has 3 heteroatoms. The topological polar surface area (TPSA) is 20.3 Å². The lowest BCUT2D eigenvalue weighted by molar-refractivity contribution is -0.125. The summed E-state index contributed by atoms with van der Waals surface area (Å²) in [5, 5.41) is 0. The first-order valence-electron chi connectivity index (χ1n) is 6.20. The van der Waals surface area contributed by atoms with E-state index in [1.54, 1.807) is 17.8 Å². The summed E-state index contributed by atoms with van der Waals surface area (Å²) in [6.07, 6.45) is 5.60. The van der Waals surface area contributed by atoms with Gasteiger partial charge in [-0.15, -0.1) is 0 Å². The molecule has 0 saturated heterocycles. The van der Waals surface area contributed by atoms with Gasteiger partial charge in [0, 0.05) is 24.9 Å². The van der Waals surface area contributed by atoms with E-state index in [-0.39, 0.29) is 5.91 Å². The molecule has 2 nitrogen and oxygen atoms in total. The summed E-state index contributed by atoms with van der Waals surface area (Å²) in [4.78, 5) is 13.8. The van der Waals surface area contributed by atoms with Crippen molar-refractivity contribution in [3.05, 3.63) is 41.5 Å². The molecule has 0 bridgehead atoms. The molecule has 0 unspecified atom stereocenters. The van der Waals surface area contributed by atoms with Gasteiger partial charge in [-0.25, -0.2) is 0 Å². The van der Waals surface area contributed by atoms with Gasteiger partial charge in [-0.2, -0.15) is 11.8 Å². The fraction of sp³-hybridized carbons (Fsp3) is 0.400. The van der Waals surface area contributed by atoms with Crippen LogP contribution in [0.2, 0.25) is 0 Å². The quantitative estimate of drug-likeness (QED) is 0.735. The third-order valence-electron chi connectivity index (χ3n) is 2.75. The van der Waals surface area contributed by atoms with Crippen LogP contribution in [0, 0.1) is 6.92 Å². The maximum Gasteiger partial charge on any atom is 0.246 e. The summed E-state index contributed by atoms with van der Waals surface area (Å²) in [6.45, 7) is 5.64. The van der Waals surface area contributed by atoms with Gasteiger partial charge in [0.1, 0.15) is 0 Å². The molecule has 18 heavy (non-hydrogen) atoms. The standard InChI is InChI=1S/C15H21NOS/c1-4-16(11-12-18-3)15(17)10-9-14-7-5-13(2)6-8-14/h5-10H,4,11-12H2,1-3H3. The van der Waals surface area contributed by atoms with Crippen LogP contribution in [0.15, 0.2) is 30.3 Å². The largest absolute Gasteiger partial charge is 0.339 e. The lowest BCUT2D eigenvalue weighted by atomic mass is 10.1. The fourth-order valence-corrected chi connectivity index (χ4v) is 1.98. The highest BCUT2D eigenvalue weighted by Gasteiger charge is 2.06. The average molecular weight is 263 g/mol. The first kappa shape index (κ1) is 14.8. The SMILES string of the molecule is CCN(CCSC)C(=O)C=Cc1ccc(C)cc1. The van der Waals surface area contributed by atoms with Crippen molar-refractivity contribution in [2.75, 3.05) is 25.1 Å². The van der Waals surface area contributed by atoms with E-state index in [4.69, 9.17) is 0 Å². The van der Waals surface area contributed by atoms with E-state index in [1.807, 2.05) is 30.0 Å². The van der Waals surface area contributed by atoms with E-state index in [9.17, 15) is 4.79 Å². The zero-order chi connectivity index (χ0) is 13.4. The molecule has 0 aliphatic rings. The summed E-state index contributed by atoms with van der Waals surface area (Å²) in [5.74, 6) is 1.07. The van der Waals surface area contributed by atoms with Crippen molar-refractivity contribution in [2.45, 2.75) is 13.8 Å². The van der Waals surface area contributed by atoms with E-state index in [2.05, 4.69) is 25.3 Å². The maximum absolute atomic E-state index is 12.0. The molecule has 1 amide bonds. The van der Waals surface area contributed by atoms with E-state index in [0.29, 0.717) is 0 Å². The number of benzene rings is 1. The van der Waals surface area contributed by atoms with Crippen molar-refractivity contribution in [3.63, 3.8) is 0 Å². The highest BCUT2D eigenvalue weighted by atomic mass is 32.2. The highest BCUT2D eigenvalue weighted by Crippen LogP contribution is 2.06. The molecule has 1 aromatic carbocycles. The molecule has 0 fully saturated rings. The predicted molar refractivity (Wildman–Crippen MR) is 80.8 cm³/mol. The normalized spacial score (nSPS) is 10.8. The van der Waals surface area contributed by atoms with E-state index >= 15 is 0 Å². The minimum Gasteiger partial charge on any atom is -0.339 e. The van der Waals surface area contributed by atoms with Gasteiger partial charge < -0.3 is 4.90 Å². The molecular weight excluding hydrogens is 242 g/mol. The number of carbonyl (C=O) groups excluding carboxylic acids is 1. The number of amides is 1. The number of rotatable bonds is 6. The second kappa shape index (κ2) is 7.98. The molecule has 1 aromatic rings. The van der Waals surface area contributed by atoms with Gasteiger partial charge >= 0.3 is 0 Å². The van der Waals surface area contributed by atoms with Gasteiger partial charge in [0.05, 0.1) is 0 Å². The second-order valence-electron chi connectivity index (χ2n) is 4.15. The average Bonchev–Trinajstić information content (AvgIpc) is 2.39. The molecule has 0 aromatic heterocycles. The van der Waals surface area contributed by atoms with E-state index in [0.717, 1.165) is 24.4 Å². The van der Waals surface area contributed by atoms with Crippen molar-refractivity contribution in [1.29, 1.82) is 0 Å². The van der Waals surface area contributed by atoms with Crippen LogP contribution in [0.25, 0.3) is 6.08 Å². The summed E-state index contributed by atoms with van der Waals surface area (Å²) < 4.78 is 0. The Bertz CT molecular complexity index is 397. The molecule has 0 heterocycles. The zero-order valence-electron chi connectivity index (χ0n) is 11.3. The number of nitrogens with zero attached hydrogens (tertiary/aromatic N) is 1. The van der Waals surface area contributed by atoms with Gasteiger partial charge in [0.25, 0.3) is 0 Å².